The summed E-state index contributed by atoms with van der Waals surface area (Å²) < 4.78 is 3.12. The summed E-state index contributed by atoms with van der Waals surface area (Å²) in [5.74, 6) is -0.444. The number of aryl methyl sites for hydroxylation is 2. The van der Waals surface area contributed by atoms with Crippen molar-refractivity contribution in [3.8, 4) is 0 Å². The van der Waals surface area contributed by atoms with Gasteiger partial charge in [0.1, 0.15) is 0 Å². The minimum atomic E-state index is -0.570. The van der Waals surface area contributed by atoms with Gasteiger partial charge in [-0.15, -0.1) is 0 Å². The number of benzene rings is 1. The smallest absolute Gasteiger partial charge is 0.358 e. The molecule has 0 spiro atoms. The SMILES string of the molecule is Cc1ccc(Cn2cc(NC(=O)CCn3ccc([N+](=O)[O-])n3)cn2)cc1. The van der Waals surface area contributed by atoms with Gasteiger partial charge in [0.15, 0.2) is 0 Å². The highest BCUT2D eigenvalue weighted by Crippen LogP contribution is 2.10. The number of nitrogens with zero attached hydrogens (tertiary/aromatic N) is 5. The molecule has 134 valence electrons. The van der Waals surface area contributed by atoms with E-state index in [-0.39, 0.29) is 24.7 Å². The van der Waals surface area contributed by atoms with Gasteiger partial charge in [-0.1, -0.05) is 29.8 Å². The topological polar surface area (TPSA) is 108 Å². The molecule has 0 saturated carbocycles. The third kappa shape index (κ3) is 4.53. The number of aromatic nitrogens is 4. The summed E-state index contributed by atoms with van der Waals surface area (Å²) in [5, 5.41) is 21.3. The average Bonchev–Trinajstić information content (AvgIpc) is 3.25. The lowest BCUT2D eigenvalue weighted by molar-refractivity contribution is -0.389. The van der Waals surface area contributed by atoms with E-state index in [0.29, 0.717) is 12.2 Å². The molecule has 0 aliphatic carbocycles. The molecular weight excluding hydrogens is 336 g/mol. The molecule has 3 aromatic rings. The number of rotatable bonds is 7. The molecular formula is C17H18N6O3. The Morgan fingerprint density at radius 1 is 1.23 bits per heavy atom. The van der Waals surface area contributed by atoms with E-state index in [9.17, 15) is 14.9 Å². The average molecular weight is 354 g/mol. The van der Waals surface area contributed by atoms with Crippen molar-refractivity contribution in [1.29, 1.82) is 0 Å². The minimum absolute atomic E-state index is 0.155. The highest BCUT2D eigenvalue weighted by atomic mass is 16.6. The first-order chi connectivity index (χ1) is 12.5. The highest BCUT2D eigenvalue weighted by molar-refractivity contribution is 5.90. The third-order valence-electron chi connectivity index (χ3n) is 3.76. The van der Waals surface area contributed by atoms with Gasteiger partial charge in [-0.25, -0.2) is 0 Å². The Kier molecular flexibility index (Phi) is 5.07. The van der Waals surface area contributed by atoms with Crippen molar-refractivity contribution in [3.63, 3.8) is 0 Å². The van der Waals surface area contributed by atoms with Gasteiger partial charge >= 0.3 is 5.82 Å². The summed E-state index contributed by atoms with van der Waals surface area (Å²) in [6.07, 6.45) is 4.98. The molecule has 0 fully saturated rings. The Bertz CT molecular complexity index is 913. The van der Waals surface area contributed by atoms with Crippen LogP contribution in [0.1, 0.15) is 17.5 Å². The monoisotopic (exact) mass is 354 g/mol. The predicted octanol–water partition coefficient (Wildman–Crippen LogP) is 2.37. The van der Waals surface area contributed by atoms with Crippen LogP contribution in [0.15, 0.2) is 48.9 Å². The van der Waals surface area contributed by atoms with Crippen LogP contribution in [0.5, 0.6) is 0 Å². The zero-order valence-corrected chi connectivity index (χ0v) is 14.2. The standard InChI is InChI=1S/C17H18N6O3/c1-13-2-4-14(5-3-13)11-22-12-15(10-18-22)19-17(24)7-9-21-8-6-16(20-21)23(25)26/h2-6,8,10,12H,7,9,11H2,1H3,(H,19,24). The van der Waals surface area contributed by atoms with Crippen LogP contribution in [0.2, 0.25) is 0 Å². The Balaban J connectivity index is 1.50. The maximum absolute atomic E-state index is 12.0. The number of hydrogen-bond acceptors (Lipinski definition) is 5. The van der Waals surface area contributed by atoms with Crippen LogP contribution in [0.25, 0.3) is 0 Å². The van der Waals surface area contributed by atoms with Crippen molar-refractivity contribution in [1.82, 2.24) is 19.6 Å². The van der Waals surface area contributed by atoms with Gasteiger partial charge in [0.05, 0.1) is 42.3 Å². The van der Waals surface area contributed by atoms with E-state index in [1.165, 1.54) is 22.5 Å². The van der Waals surface area contributed by atoms with E-state index in [4.69, 9.17) is 0 Å². The van der Waals surface area contributed by atoms with Crippen molar-refractivity contribution in [2.24, 2.45) is 0 Å². The van der Waals surface area contributed by atoms with Gasteiger partial charge in [0.25, 0.3) is 0 Å². The van der Waals surface area contributed by atoms with Crippen LogP contribution < -0.4 is 5.32 Å². The lowest BCUT2D eigenvalue weighted by Crippen LogP contribution is -2.14. The molecule has 26 heavy (non-hydrogen) atoms. The molecule has 3 rings (SSSR count). The van der Waals surface area contributed by atoms with E-state index in [2.05, 4.69) is 15.5 Å². The summed E-state index contributed by atoms with van der Waals surface area (Å²) in [5.41, 5.74) is 2.93. The van der Waals surface area contributed by atoms with Crippen LogP contribution >= 0.6 is 0 Å². The van der Waals surface area contributed by atoms with Crippen LogP contribution in [-0.2, 0) is 17.9 Å². The molecule has 1 N–H and O–H groups in total. The lowest BCUT2D eigenvalue weighted by atomic mass is 10.1. The molecule has 9 nitrogen and oxygen atoms in total. The fourth-order valence-corrected chi connectivity index (χ4v) is 2.41. The number of hydrogen-bond donors (Lipinski definition) is 1. The zero-order valence-electron chi connectivity index (χ0n) is 14.2. The van der Waals surface area contributed by atoms with Crippen LogP contribution in [0.4, 0.5) is 11.5 Å². The molecule has 2 aromatic heterocycles. The Hall–Kier alpha value is -3.49. The molecule has 1 amide bonds. The van der Waals surface area contributed by atoms with E-state index in [0.717, 1.165) is 5.56 Å². The summed E-state index contributed by atoms with van der Waals surface area (Å²) in [7, 11) is 0. The first-order valence-electron chi connectivity index (χ1n) is 8.05. The molecule has 0 radical (unpaired) electrons. The quantitative estimate of drug-likeness (QED) is 0.518. The number of nitrogens with one attached hydrogen (secondary N) is 1. The van der Waals surface area contributed by atoms with Crippen molar-refractivity contribution in [2.45, 2.75) is 26.4 Å². The second-order valence-electron chi connectivity index (χ2n) is 5.90. The maximum Gasteiger partial charge on any atom is 0.389 e. The molecule has 0 unspecified atom stereocenters. The van der Waals surface area contributed by atoms with Gasteiger partial charge < -0.3 is 15.4 Å². The lowest BCUT2D eigenvalue weighted by Gasteiger charge is -2.03. The maximum atomic E-state index is 12.0. The van der Waals surface area contributed by atoms with E-state index < -0.39 is 4.92 Å². The molecule has 0 aliphatic rings. The van der Waals surface area contributed by atoms with Crippen molar-refractivity contribution in [3.05, 3.63) is 70.2 Å². The van der Waals surface area contributed by atoms with Crippen molar-refractivity contribution in [2.75, 3.05) is 5.32 Å². The summed E-state index contributed by atoms with van der Waals surface area (Å²) in [4.78, 5) is 22.0. The van der Waals surface area contributed by atoms with Crippen molar-refractivity contribution < 1.29 is 9.72 Å². The molecule has 0 bridgehead atoms. The van der Waals surface area contributed by atoms with E-state index in [1.807, 2.05) is 31.2 Å². The van der Waals surface area contributed by atoms with E-state index in [1.54, 1.807) is 17.1 Å². The Morgan fingerprint density at radius 2 is 2.00 bits per heavy atom. The first-order valence-corrected chi connectivity index (χ1v) is 8.05. The second kappa shape index (κ2) is 7.60. The fourth-order valence-electron chi connectivity index (χ4n) is 2.41. The largest absolute Gasteiger partial charge is 0.389 e. The number of nitro groups is 1. The Morgan fingerprint density at radius 3 is 2.69 bits per heavy atom. The molecule has 0 aliphatic heterocycles. The third-order valence-corrected chi connectivity index (χ3v) is 3.76. The van der Waals surface area contributed by atoms with Gasteiger partial charge in [-0.3, -0.25) is 9.48 Å². The molecule has 2 heterocycles. The van der Waals surface area contributed by atoms with Gasteiger partial charge in [0.2, 0.25) is 5.91 Å². The summed E-state index contributed by atoms with van der Waals surface area (Å²) in [6.45, 7) is 2.91. The summed E-state index contributed by atoms with van der Waals surface area (Å²) in [6, 6.07) is 9.46. The van der Waals surface area contributed by atoms with Gasteiger partial charge in [-0.2, -0.15) is 9.78 Å². The normalized spacial score (nSPS) is 10.7. The minimum Gasteiger partial charge on any atom is -0.358 e. The number of carbonyl (C=O) groups is 1. The number of amides is 1. The van der Waals surface area contributed by atoms with Crippen LogP contribution in [0, 0.1) is 17.0 Å². The van der Waals surface area contributed by atoms with Gasteiger partial charge in [0, 0.05) is 12.6 Å². The first kappa shape index (κ1) is 17.3. The fraction of sp³-hybridized carbons (Fsp3) is 0.235. The molecule has 1 aromatic carbocycles. The predicted molar refractivity (Wildman–Crippen MR) is 94.6 cm³/mol. The van der Waals surface area contributed by atoms with Crippen LogP contribution in [-0.4, -0.2) is 30.4 Å². The summed E-state index contributed by atoms with van der Waals surface area (Å²) >= 11 is 0. The Labute approximate surface area is 149 Å². The van der Waals surface area contributed by atoms with Crippen LogP contribution in [0.3, 0.4) is 0 Å². The van der Waals surface area contributed by atoms with E-state index >= 15 is 0 Å². The number of anilines is 1. The number of carbonyl (C=O) groups excluding carboxylic acids is 1. The molecule has 9 heteroatoms. The zero-order chi connectivity index (χ0) is 18.5. The molecule has 0 atom stereocenters. The van der Waals surface area contributed by atoms with Crippen molar-refractivity contribution >= 4 is 17.4 Å². The van der Waals surface area contributed by atoms with Gasteiger partial charge in [-0.05, 0) is 17.4 Å². The highest BCUT2D eigenvalue weighted by Gasteiger charge is 2.12. The molecule has 0 saturated heterocycles. The second-order valence-corrected chi connectivity index (χ2v) is 5.90.